The zero-order valence-electron chi connectivity index (χ0n) is 18.8. The molecular weight excluding hydrogens is 482 g/mol. The van der Waals surface area contributed by atoms with Gasteiger partial charge in [-0.05, 0) is 32.0 Å². The van der Waals surface area contributed by atoms with Gasteiger partial charge in [-0.1, -0.05) is 29.8 Å². The lowest BCUT2D eigenvalue weighted by molar-refractivity contribution is -0.139. The highest BCUT2D eigenvalue weighted by Crippen LogP contribution is 2.37. The predicted octanol–water partition coefficient (Wildman–Crippen LogP) is 5.66. The molecule has 0 aliphatic carbocycles. The molecule has 0 radical (unpaired) electrons. The maximum absolute atomic E-state index is 14.1. The molecule has 2 aromatic heterocycles. The molecule has 11 heteroatoms. The zero-order chi connectivity index (χ0) is 24.6. The lowest BCUT2D eigenvalue weighted by Gasteiger charge is -2.17. The Kier molecular flexibility index (Phi) is 6.26. The minimum Gasteiger partial charge on any atom is -0.477 e. The van der Waals surface area contributed by atoms with E-state index < -0.39 is 17.4 Å². The van der Waals surface area contributed by atoms with Gasteiger partial charge in [0, 0.05) is 18.1 Å². The third kappa shape index (κ3) is 5.04. The molecule has 0 amide bonds. The van der Waals surface area contributed by atoms with Gasteiger partial charge >= 0.3 is 6.01 Å². The number of H-pyrrole nitrogens is 1. The van der Waals surface area contributed by atoms with Crippen molar-refractivity contribution in [2.45, 2.75) is 32.2 Å². The molecule has 0 spiro atoms. The van der Waals surface area contributed by atoms with Gasteiger partial charge in [0.1, 0.15) is 16.9 Å². The van der Waals surface area contributed by atoms with Gasteiger partial charge in [0.2, 0.25) is 5.88 Å². The Morgan fingerprint density at radius 3 is 2.74 bits per heavy atom. The first-order valence-electron chi connectivity index (χ1n) is 10.9. The van der Waals surface area contributed by atoms with Crippen molar-refractivity contribution >= 4 is 22.6 Å². The summed E-state index contributed by atoms with van der Waals surface area (Å²) in [6.07, 6.45) is 0.399. The Bertz CT molecular complexity index is 1380. The summed E-state index contributed by atoms with van der Waals surface area (Å²) in [5, 5.41) is 8.15. The Morgan fingerprint density at radius 1 is 1.17 bits per heavy atom. The molecule has 35 heavy (non-hydrogen) atoms. The van der Waals surface area contributed by atoms with Gasteiger partial charge in [-0.2, -0.15) is 15.1 Å². The molecule has 1 aliphatic rings. The monoisotopic (exact) mass is 502 g/mol. The number of benzene rings is 2. The third-order valence-corrected chi connectivity index (χ3v) is 5.67. The normalized spacial score (nSPS) is 17.1. The molecule has 1 atom stereocenters. The highest BCUT2D eigenvalue weighted by molar-refractivity contribution is 6.33. The Balaban J connectivity index is 1.49. The van der Waals surface area contributed by atoms with Crippen molar-refractivity contribution in [3.8, 4) is 28.9 Å². The highest BCUT2D eigenvalue weighted by atomic mass is 35.5. The van der Waals surface area contributed by atoms with Gasteiger partial charge in [-0.15, -0.1) is 0 Å². The minimum absolute atomic E-state index is 0.140. The number of halogens is 3. The van der Waals surface area contributed by atoms with Gasteiger partial charge < -0.3 is 18.9 Å². The molecule has 1 N–H and O–H groups in total. The largest absolute Gasteiger partial charge is 0.477 e. The second kappa shape index (κ2) is 9.37. The van der Waals surface area contributed by atoms with Gasteiger partial charge in [-0.3, -0.25) is 5.10 Å². The fourth-order valence-electron chi connectivity index (χ4n) is 3.73. The first kappa shape index (κ1) is 23.4. The molecule has 3 heterocycles. The molecule has 182 valence electrons. The summed E-state index contributed by atoms with van der Waals surface area (Å²) < 4.78 is 50.4. The summed E-state index contributed by atoms with van der Waals surface area (Å²) in [6, 6.07) is 9.93. The van der Waals surface area contributed by atoms with Crippen molar-refractivity contribution in [2.75, 3.05) is 13.2 Å². The van der Waals surface area contributed by atoms with Gasteiger partial charge in [0.25, 0.3) is 0 Å². The van der Waals surface area contributed by atoms with E-state index >= 15 is 0 Å². The van der Waals surface area contributed by atoms with Crippen LogP contribution >= 0.6 is 11.6 Å². The number of ether oxygens (including phenoxy) is 4. The lowest BCUT2D eigenvalue weighted by Crippen LogP contribution is -2.22. The Labute approximate surface area is 204 Å². The van der Waals surface area contributed by atoms with E-state index in [-0.39, 0.29) is 30.4 Å². The van der Waals surface area contributed by atoms with Crippen LogP contribution in [0.5, 0.6) is 17.6 Å². The molecule has 4 aromatic rings. The standard InChI is InChI=1S/C24H21ClF2N4O4/c1-24(2)33-12-14(35-24)9-10-32-22-19-20(15-5-3-4-6-16(15)25)30-31-21(19)28-23(29-22)34-18-8-7-13(26)11-17(18)27/h3-8,11,14H,9-10,12H2,1-2H3,(H,28,29,30,31)/t14-/m1/s1. The smallest absolute Gasteiger partial charge is 0.327 e. The number of aromatic amines is 1. The second-order valence-corrected chi connectivity index (χ2v) is 8.76. The topological polar surface area (TPSA) is 91.4 Å². The van der Waals surface area contributed by atoms with Crippen LogP contribution in [0.2, 0.25) is 5.02 Å². The average molecular weight is 503 g/mol. The van der Waals surface area contributed by atoms with Crippen molar-refractivity contribution in [2.24, 2.45) is 0 Å². The molecule has 8 nitrogen and oxygen atoms in total. The van der Waals surface area contributed by atoms with E-state index in [4.69, 9.17) is 30.5 Å². The van der Waals surface area contributed by atoms with Crippen molar-refractivity contribution in [3.05, 3.63) is 59.1 Å². The molecule has 1 fully saturated rings. The van der Waals surface area contributed by atoms with Crippen LogP contribution < -0.4 is 9.47 Å². The molecule has 0 saturated carbocycles. The molecule has 1 saturated heterocycles. The zero-order valence-corrected chi connectivity index (χ0v) is 19.6. The van der Waals surface area contributed by atoms with Crippen LogP contribution in [0.1, 0.15) is 20.3 Å². The minimum atomic E-state index is -0.890. The SMILES string of the molecule is CC1(C)OC[C@@H](CCOc2nc(Oc3ccc(F)cc3F)nc3[nH]nc(-c4ccccc4Cl)c23)O1. The van der Waals surface area contributed by atoms with E-state index in [2.05, 4.69) is 20.2 Å². The summed E-state index contributed by atoms with van der Waals surface area (Å²) >= 11 is 6.39. The first-order valence-corrected chi connectivity index (χ1v) is 11.3. The fourth-order valence-corrected chi connectivity index (χ4v) is 3.95. The number of hydrogen-bond donors (Lipinski definition) is 1. The maximum atomic E-state index is 14.1. The second-order valence-electron chi connectivity index (χ2n) is 8.35. The molecule has 5 rings (SSSR count). The number of rotatable bonds is 7. The van der Waals surface area contributed by atoms with Crippen LogP contribution in [0.15, 0.2) is 42.5 Å². The number of fused-ring (bicyclic) bond motifs is 1. The first-order chi connectivity index (χ1) is 16.8. The van der Waals surface area contributed by atoms with Crippen LogP contribution in [0, 0.1) is 11.6 Å². The van der Waals surface area contributed by atoms with Crippen LogP contribution in [-0.4, -0.2) is 45.3 Å². The van der Waals surface area contributed by atoms with Crippen molar-refractivity contribution in [1.82, 2.24) is 20.2 Å². The molecule has 2 aromatic carbocycles. The van der Waals surface area contributed by atoms with Crippen LogP contribution in [0.3, 0.4) is 0 Å². The maximum Gasteiger partial charge on any atom is 0.327 e. The molecule has 0 unspecified atom stereocenters. The highest BCUT2D eigenvalue weighted by Gasteiger charge is 2.32. The van der Waals surface area contributed by atoms with E-state index in [0.29, 0.717) is 46.4 Å². The van der Waals surface area contributed by atoms with Crippen molar-refractivity contribution < 1.29 is 27.7 Å². The summed E-state index contributed by atoms with van der Waals surface area (Å²) in [4.78, 5) is 8.64. The van der Waals surface area contributed by atoms with E-state index in [1.165, 1.54) is 0 Å². The van der Waals surface area contributed by atoms with Crippen LogP contribution in [0.4, 0.5) is 8.78 Å². The van der Waals surface area contributed by atoms with Gasteiger partial charge in [0.15, 0.2) is 23.0 Å². The summed E-state index contributed by atoms with van der Waals surface area (Å²) in [5.74, 6) is -2.34. The number of nitrogens with one attached hydrogen (secondary N) is 1. The lowest BCUT2D eigenvalue weighted by atomic mass is 10.1. The Hall–Kier alpha value is -3.34. The van der Waals surface area contributed by atoms with E-state index in [1.54, 1.807) is 6.07 Å². The van der Waals surface area contributed by atoms with Gasteiger partial charge in [-0.25, -0.2) is 8.78 Å². The van der Waals surface area contributed by atoms with Crippen LogP contribution in [-0.2, 0) is 9.47 Å². The summed E-state index contributed by atoms with van der Waals surface area (Å²) in [6.45, 7) is 4.39. The summed E-state index contributed by atoms with van der Waals surface area (Å²) in [5.41, 5.74) is 1.44. The number of nitrogens with zero attached hydrogens (tertiary/aromatic N) is 3. The molecular formula is C24H21ClF2N4O4. The quantitative estimate of drug-likeness (QED) is 0.348. The van der Waals surface area contributed by atoms with Gasteiger partial charge in [0.05, 0.1) is 24.3 Å². The fraction of sp³-hybridized carbons (Fsp3) is 0.292. The van der Waals surface area contributed by atoms with Crippen molar-refractivity contribution in [1.29, 1.82) is 0 Å². The van der Waals surface area contributed by atoms with E-state index in [9.17, 15) is 8.78 Å². The number of aromatic nitrogens is 4. The predicted molar refractivity (Wildman–Crippen MR) is 124 cm³/mol. The third-order valence-electron chi connectivity index (χ3n) is 5.34. The summed E-state index contributed by atoms with van der Waals surface area (Å²) in [7, 11) is 0. The average Bonchev–Trinajstić information content (AvgIpc) is 3.39. The molecule has 0 bridgehead atoms. The molecule has 1 aliphatic heterocycles. The van der Waals surface area contributed by atoms with E-state index in [0.717, 1.165) is 12.1 Å². The van der Waals surface area contributed by atoms with Crippen molar-refractivity contribution in [3.63, 3.8) is 0 Å². The van der Waals surface area contributed by atoms with Crippen LogP contribution in [0.25, 0.3) is 22.3 Å². The Morgan fingerprint density at radius 2 is 2.00 bits per heavy atom. The number of hydrogen-bond acceptors (Lipinski definition) is 7. The van der Waals surface area contributed by atoms with E-state index in [1.807, 2.05) is 32.0 Å².